The summed E-state index contributed by atoms with van der Waals surface area (Å²) in [5.74, 6) is 1.54. The molecule has 5 N–H and O–H groups in total. The van der Waals surface area contributed by atoms with Crippen LogP contribution in [0.5, 0.6) is 5.75 Å². The Hall–Kier alpha value is -3.61. The molecule has 0 aliphatic carbocycles. The fraction of sp³-hybridized carbons (Fsp3) is 0.150. The van der Waals surface area contributed by atoms with Gasteiger partial charge in [-0.15, -0.1) is 0 Å². The summed E-state index contributed by atoms with van der Waals surface area (Å²) in [6, 6.07) is 15.0. The lowest BCUT2D eigenvalue weighted by molar-refractivity contribution is 0.340. The van der Waals surface area contributed by atoms with E-state index in [1.807, 2.05) is 56.4 Å². The van der Waals surface area contributed by atoms with E-state index in [2.05, 4.69) is 20.6 Å². The summed E-state index contributed by atoms with van der Waals surface area (Å²) in [7, 11) is 1.83. The van der Waals surface area contributed by atoms with Crippen LogP contribution in [0.15, 0.2) is 54.7 Å². The smallest absolute Gasteiger partial charge is 0.221 e. The van der Waals surface area contributed by atoms with E-state index in [1.165, 1.54) is 0 Å². The molecule has 0 unspecified atom stereocenters. The van der Waals surface area contributed by atoms with Crippen molar-refractivity contribution in [1.82, 2.24) is 9.97 Å². The summed E-state index contributed by atoms with van der Waals surface area (Å²) in [4.78, 5) is 8.03. The first-order valence-corrected chi connectivity index (χ1v) is 8.60. The summed E-state index contributed by atoms with van der Waals surface area (Å²) >= 11 is 0. The van der Waals surface area contributed by atoms with Gasteiger partial charge < -0.3 is 21.1 Å². The second kappa shape index (κ2) is 8.18. The van der Waals surface area contributed by atoms with Crippen LogP contribution in [0, 0.1) is 5.41 Å². The number of nitrogens with two attached hydrogens (primary N) is 1. The molecular weight excluding hydrogens is 340 g/mol. The van der Waals surface area contributed by atoms with Gasteiger partial charge in [0.25, 0.3) is 0 Å². The molecule has 27 heavy (non-hydrogen) atoms. The summed E-state index contributed by atoms with van der Waals surface area (Å²) in [6.45, 7) is 2.52. The van der Waals surface area contributed by atoms with E-state index in [1.54, 1.807) is 12.3 Å². The number of nitrogen functional groups attached to an aromatic ring is 1. The van der Waals surface area contributed by atoms with Gasteiger partial charge in [0.1, 0.15) is 11.6 Å². The molecule has 0 aliphatic rings. The predicted octanol–water partition coefficient (Wildman–Crippen LogP) is 3.66. The highest BCUT2D eigenvalue weighted by Gasteiger charge is 2.12. The lowest BCUT2D eigenvalue weighted by Crippen LogP contribution is -2.07. The van der Waals surface area contributed by atoms with Gasteiger partial charge in [-0.1, -0.05) is 12.1 Å². The van der Waals surface area contributed by atoms with E-state index in [-0.39, 0.29) is 5.95 Å². The van der Waals surface area contributed by atoms with E-state index < -0.39 is 0 Å². The topological polar surface area (TPSA) is 109 Å². The number of hydrogen-bond donors (Lipinski definition) is 4. The third kappa shape index (κ3) is 4.33. The molecule has 0 amide bonds. The van der Waals surface area contributed by atoms with Gasteiger partial charge in [-0.05, 0) is 43.3 Å². The summed E-state index contributed by atoms with van der Waals surface area (Å²) < 4.78 is 5.55. The second-order valence-corrected chi connectivity index (χ2v) is 5.77. The third-order valence-electron chi connectivity index (χ3n) is 3.94. The highest BCUT2D eigenvalue weighted by Crippen LogP contribution is 2.26. The van der Waals surface area contributed by atoms with E-state index in [9.17, 15) is 0 Å². The van der Waals surface area contributed by atoms with Crippen LogP contribution in [0.4, 0.5) is 23.1 Å². The van der Waals surface area contributed by atoms with Gasteiger partial charge in [-0.25, -0.2) is 4.98 Å². The number of hydrogen-bond acceptors (Lipinski definition) is 7. The molecule has 138 valence electrons. The minimum Gasteiger partial charge on any atom is -0.494 e. The average Bonchev–Trinajstić information content (AvgIpc) is 2.68. The number of aromatic nitrogens is 2. The minimum atomic E-state index is 0.201. The fourth-order valence-electron chi connectivity index (χ4n) is 2.70. The molecule has 0 spiro atoms. The lowest BCUT2D eigenvalue weighted by atomic mass is 10.00. The molecule has 3 rings (SSSR count). The standard InChI is InChI=1S/C20H22N6O/c1-3-27-15-6-4-5-13(11-15)19(21)16-12-14(7-8-17(16)23-2)25-18-9-10-24-20(22)26-18/h4-12,21,23H,3H2,1-2H3,(H3,22,24,25,26). The van der Waals surface area contributed by atoms with Crippen LogP contribution in [0.25, 0.3) is 0 Å². The maximum absolute atomic E-state index is 8.69. The van der Waals surface area contributed by atoms with Gasteiger partial charge in [-0.2, -0.15) is 4.98 Å². The Morgan fingerprint density at radius 3 is 2.78 bits per heavy atom. The van der Waals surface area contributed by atoms with Crippen LogP contribution in [0.3, 0.4) is 0 Å². The predicted molar refractivity (Wildman–Crippen MR) is 109 cm³/mol. The maximum Gasteiger partial charge on any atom is 0.221 e. The molecule has 7 heteroatoms. The van der Waals surface area contributed by atoms with Gasteiger partial charge in [0.15, 0.2) is 0 Å². The van der Waals surface area contributed by atoms with Crippen molar-refractivity contribution in [3.8, 4) is 5.75 Å². The van der Waals surface area contributed by atoms with Gasteiger partial charge in [0.2, 0.25) is 5.95 Å². The largest absolute Gasteiger partial charge is 0.494 e. The number of anilines is 4. The monoisotopic (exact) mass is 362 g/mol. The van der Waals surface area contributed by atoms with Gasteiger partial charge in [-0.3, -0.25) is 5.41 Å². The zero-order valence-corrected chi connectivity index (χ0v) is 15.3. The zero-order valence-electron chi connectivity index (χ0n) is 15.3. The van der Waals surface area contributed by atoms with Crippen molar-refractivity contribution >= 4 is 28.9 Å². The van der Waals surface area contributed by atoms with Crippen LogP contribution in [0.1, 0.15) is 18.1 Å². The summed E-state index contributed by atoms with van der Waals surface area (Å²) in [6.07, 6.45) is 1.59. The van der Waals surface area contributed by atoms with Crippen LogP contribution < -0.4 is 21.1 Å². The number of benzene rings is 2. The molecular formula is C20H22N6O. The van der Waals surface area contributed by atoms with Crippen molar-refractivity contribution in [3.63, 3.8) is 0 Å². The molecule has 3 aromatic rings. The average molecular weight is 362 g/mol. The highest BCUT2D eigenvalue weighted by molar-refractivity contribution is 6.14. The first-order chi connectivity index (χ1) is 13.1. The zero-order chi connectivity index (χ0) is 19.2. The van der Waals surface area contributed by atoms with Crippen LogP contribution in [0.2, 0.25) is 0 Å². The number of ether oxygens (including phenoxy) is 1. The molecule has 7 nitrogen and oxygen atoms in total. The molecule has 2 aromatic carbocycles. The summed E-state index contributed by atoms with van der Waals surface area (Å²) in [5, 5.41) is 15.0. The van der Waals surface area contributed by atoms with Gasteiger partial charge >= 0.3 is 0 Å². The molecule has 0 radical (unpaired) electrons. The van der Waals surface area contributed by atoms with Crippen molar-refractivity contribution < 1.29 is 4.74 Å². The molecule has 0 bridgehead atoms. The van der Waals surface area contributed by atoms with E-state index in [4.69, 9.17) is 15.9 Å². The van der Waals surface area contributed by atoms with Crippen molar-refractivity contribution in [2.45, 2.75) is 6.92 Å². The Bertz CT molecular complexity index is 957. The van der Waals surface area contributed by atoms with Crippen molar-refractivity contribution in [2.24, 2.45) is 0 Å². The normalized spacial score (nSPS) is 10.3. The Morgan fingerprint density at radius 2 is 2.04 bits per heavy atom. The third-order valence-corrected chi connectivity index (χ3v) is 3.94. The highest BCUT2D eigenvalue weighted by atomic mass is 16.5. The van der Waals surface area contributed by atoms with Gasteiger partial charge in [0.05, 0.1) is 12.3 Å². The SMILES string of the molecule is CCOc1cccc(C(=N)c2cc(Nc3ccnc(N)n3)ccc2NC)c1. The van der Waals surface area contributed by atoms with Crippen LogP contribution in [-0.4, -0.2) is 29.3 Å². The molecule has 0 saturated carbocycles. The number of nitrogens with zero attached hydrogens (tertiary/aromatic N) is 2. The van der Waals surface area contributed by atoms with Crippen molar-refractivity contribution in [1.29, 1.82) is 5.41 Å². The Labute approximate surface area is 158 Å². The number of nitrogens with one attached hydrogen (secondary N) is 3. The van der Waals surface area contributed by atoms with Crippen LogP contribution in [-0.2, 0) is 0 Å². The van der Waals surface area contributed by atoms with Crippen molar-refractivity contribution in [3.05, 3.63) is 65.9 Å². The first-order valence-electron chi connectivity index (χ1n) is 8.60. The molecule has 0 atom stereocenters. The lowest BCUT2D eigenvalue weighted by Gasteiger charge is -2.14. The van der Waals surface area contributed by atoms with Crippen LogP contribution >= 0.6 is 0 Å². The summed E-state index contributed by atoms with van der Waals surface area (Å²) in [5.41, 5.74) is 9.22. The first kappa shape index (κ1) is 18.2. The molecule has 0 saturated heterocycles. The quantitative estimate of drug-likeness (QED) is 0.478. The van der Waals surface area contributed by atoms with Gasteiger partial charge in [0, 0.05) is 35.7 Å². The number of rotatable bonds is 7. The molecule has 0 fully saturated rings. The Kier molecular flexibility index (Phi) is 5.51. The van der Waals surface area contributed by atoms with Crippen molar-refractivity contribution in [2.75, 3.05) is 30.0 Å². The fourth-order valence-corrected chi connectivity index (χ4v) is 2.70. The van der Waals surface area contributed by atoms with E-state index in [0.29, 0.717) is 18.1 Å². The Balaban J connectivity index is 1.93. The molecule has 1 aromatic heterocycles. The van der Waals surface area contributed by atoms with E-state index >= 15 is 0 Å². The molecule has 0 aliphatic heterocycles. The second-order valence-electron chi connectivity index (χ2n) is 5.77. The van der Waals surface area contributed by atoms with E-state index in [0.717, 1.165) is 28.3 Å². The Morgan fingerprint density at radius 1 is 1.19 bits per heavy atom. The maximum atomic E-state index is 8.69. The minimum absolute atomic E-state index is 0.201. The molecule has 1 heterocycles.